The summed E-state index contributed by atoms with van der Waals surface area (Å²) in [5.41, 5.74) is 5.34. The van der Waals surface area contributed by atoms with E-state index in [-0.39, 0.29) is 16.7 Å². The van der Waals surface area contributed by atoms with Crippen LogP contribution in [0.15, 0.2) is 24.3 Å². The molecule has 0 aliphatic heterocycles. The van der Waals surface area contributed by atoms with Crippen LogP contribution in [0, 0.1) is 0 Å². The number of ketones is 1. The van der Waals surface area contributed by atoms with E-state index in [2.05, 4.69) is 0 Å². The molecule has 1 atom stereocenters. The van der Waals surface area contributed by atoms with Crippen molar-refractivity contribution in [2.45, 2.75) is 19.9 Å². The average Bonchev–Trinajstić information content (AvgIpc) is 2.14. The van der Waals surface area contributed by atoms with Crippen LogP contribution in [0.25, 0.3) is 0 Å². The highest BCUT2D eigenvalue weighted by Gasteiger charge is 2.09. The minimum Gasteiger partial charge on any atom is -0.322 e. The van der Waals surface area contributed by atoms with Crippen LogP contribution in [0.5, 0.6) is 0 Å². The van der Waals surface area contributed by atoms with Crippen molar-refractivity contribution in [1.82, 2.24) is 0 Å². The predicted molar refractivity (Wildman–Crippen MR) is 60.1 cm³/mol. The summed E-state index contributed by atoms with van der Waals surface area (Å²) < 4.78 is 0. The fourth-order valence-electron chi connectivity index (χ4n) is 0.567. The van der Waals surface area contributed by atoms with Gasteiger partial charge in [0.15, 0.2) is 5.78 Å². The molecule has 0 spiro atoms. The van der Waals surface area contributed by atoms with Crippen LogP contribution in [0.1, 0.15) is 13.8 Å². The lowest BCUT2D eigenvalue weighted by molar-refractivity contribution is -0.117. The van der Waals surface area contributed by atoms with Crippen molar-refractivity contribution in [2.75, 3.05) is 5.75 Å². The zero-order chi connectivity index (χ0) is 11.0. The molecule has 0 heterocycles. The molecule has 78 valence electrons. The minimum atomic E-state index is -0.491. The van der Waals surface area contributed by atoms with Crippen LogP contribution in [0.2, 0.25) is 0 Å². The second kappa shape index (κ2) is 7.53. The number of allylic oxidation sites excluding steroid dienone is 3. The molecule has 0 saturated heterocycles. The topological polar surface area (TPSA) is 60.2 Å². The molecule has 0 bridgehead atoms. The van der Waals surface area contributed by atoms with Crippen molar-refractivity contribution in [3.05, 3.63) is 24.3 Å². The Bertz CT molecular complexity index is 257. The predicted octanol–water partition coefficient (Wildman–Crippen LogP) is 1.29. The Labute approximate surface area is 88.4 Å². The van der Waals surface area contributed by atoms with Gasteiger partial charge in [0.05, 0.1) is 11.8 Å². The lowest BCUT2D eigenvalue weighted by Crippen LogP contribution is -2.28. The van der Waals surface area contributed by atoms with Gasteiger partial charge in [-0.3, -0.25) is 9.59 Å². The lowest BCUT2D eigenvalue weighted by Gasteiger charge is -2.00. The molecule has 0 saturated carbocycles. The molecule has 0 aromatic heterocycles. The van der Waals surface area contributed by atoms with Crippen molar-refractivity contribution >= 4 is 22.7 Å². The quantitative estimate of drug-likeness (QED) is 0.552. The molecular formula is C10H15NO2S. The Hall–Kier alpha value is -0.870. The second-order valence-electron chi connectivity index (χ2n) is 2.75. The smallest absolute Gasteiger partial charge is 0.212 e. The minimum absolute atomic E-state index is 0.109. The number of nitrogens with two attached hydrogens (primary N) is 1. The fourth-order valence-corrected chi connectivity index (χ4v) is 1.29. The summed E-state index contributed by atoms with van der Waals surface area (Å²) in [6, 6.07) is -0.491. The molecule has 14 heavy (non-hydrogen) atoms. The van der Waals surface area contributed by atoms with Crippen LogP contribution in [-0.2, 0) is 9.59 Å². The van der Waals surface area contributed by atoms with Gasteiger partial charge in [-0.05, 0) is 19.9 Å². The van der Waals surface area contributed by atoms with E-state index >= 15 is 0 Å². The summed E-state index contributed by atoms with van der Waals surface area (Å²) >= 11 is 0.974. The lowest BCUT2D eigenvalue weighted by atomic mass is 10.3. The van der Waals surface area contributed by atoms with Gasteiger partial charge >= 0.3 is 0 Å². The highest BCUT2D eigenvalue weighted by atomic mass is 32.2. The monoisotopic (exact) mass is 213 g/mol. The number of thioether (sulfide) groups is 1. The Kier molecular flexibility index (Phi) is 7.06. The normalized spacial score (nSPS) is 13.6. The summed E-state index contributed by atoms with van der Waals surface area (Å²) in [5, 5.41) is -0.128. The van der Waals surface area contributed by atoms with Gasteiger partial charge in [-0.15, -0.1) is 0 Å². The molecule has 0 rings (SSSR count). The summed E-state index contributed by atoms with van der Waals surface area (Å²) in [5.74, 6) is 0.0409. The van der Waals surface area contributed by atoms with E-state index in [0.29, 0.717) is 0 Å². The van der Waals surface area contributed by atoms with Crippen molar-refractivity contribution in [1.29, 1.82) is 0 Å². The van der Waals surface area contributed by atoms with Gasteiger partial charge in [-0.1, -0.05) is 30.0 Å². The highest BCUT2D eigenvalue weighted by molar-refractivity contribution is 8.14. The van der Waals surface area contributed by atoms with E-state index in [9.17, 15) is 9.59 Å². The Morgan fingerprint density at radius 2 is 2.07 bits per heavy atom. The molecule has 0 amide bonds. The number of Topliss-reactive ketones (excluding diaryl/α,β-unsaturated/α-hetero) is 1. The first-order valence-electron chi connectivity index (χ1n) is 4.32. The van der Waals surface area contributed by atoms with Gasteiger partial charge in [-0.2, -0.15) is 0 Å². The maximum absolute atomic E-state index is 11.1. The molecule has 0 aliphatic rings. The summed E-state index contributed by atoms with van der Waals surface area (Å²) in [6.45, 7) is 3.48. The van der Waals surface area contributed by atoms with Crippen molar-refractivity contribution in [3.8, 4) is 0 Å². The molecule has 0 fully saturated rings. The van der Waals surface area contributed by atoms with Crippen LogP contribution in [0.4, 0.5) is 0 Å². The van der Waals surface area contributed by atoms with Gasteiger partial charge < -0.3 is 5.73 Å². The number of carbonyl (C=O) groups excluding carboxylic acids is 2. The second-order valence-corrected chi connectivity index (χ2v) is 3.73. The van der Waals surface area contributed by atoms with Crippen LogP contribution >= 0.6 is 11.8 Å². The van der Waals surface area contributed by atoms with Crippen molar-refractivity contribution in [3.63, 3.8) is 0 Å². The zero-order valence-electron chi connectivity index (χ0n) is 8.40. The number of carbonyl (C=O) groups is 2. The van der Waals surface area contributed by atoms with E-state index in [4.69, 9.17) is 5.73 Å². The first kappa shape index (κ1) is 13.1. The third kappa shape index (κ3) is 6.62. The molecule has 0 aromatic rings. The first-order chi connectivity index (χ1) is 6.57. The van der Waals surface area contributed by atoms with E-state index in [1.807, 2.05) is 13.0 Å². The zero-order valence-corrected chi connectivity index (χ0v) is 9.21. The average molecular weight is 213 g/mol. The SMILES string of the molecule is C/C=C/C=C/C(=O)SCC(=O)C(C)N. The molecule has 2 N–H and O–H groups in total. The third-order valence-electron chi connectivity index (χ3n) is 1.40. The van der Waals surface area contributed by atoms with Gasteiger partial charge in [-0.25, -0.2) is 0 Å². The van der Waals surface area contributed by atoms with Gasteiger partial charge in [0.25, 0.3) is 0 Å². The van der Waals surface area contributed by atoms with Crippen molar-refractivity contribution < 1.29 is 9.59 Å². The first-order valence-corrected chi connectivity index (χ1v) is 5.31. The van der Waals surface area contributed by atoms with Gasteiger partial charge in [0.1, 0.15) is 0 Å². The van der Waals surface area contributed by atoms with E-state index in [1.165, 1.54) is 6.08 Å². The van der Waals surface area contributed by atoms with Crippen LogP contribution < -0.4 is 5.73 Å². The molecule has 0 aliphatic carbocycles. The molecule has 0 aromatic carbocycles. The number of rotatable bonds is 5. The third-order valence-corrected chi connectivity index (χ3v) is 2.25. The molecular weight excluding hydrogens is 198 g/mol. The van der Waals surface area contributed by atoms with E-state index in [1.54, 1.807) is 19.1 Å². The van der Waals surface area contributed by atoms with Gasteiger partial charge in [0.2, 0.25) is 5.12 Å². The summed E-state index contributed by atoms with van der Waals surface area (Å²) in [7, 11) is 0. The molecule has 1 unspecified atom stereocenters. The maximum Gasteiger partial charge on any atom is 0.212 e. The summed E-state index contributed by atoms with van der Waals surface area (Å²) in [4.78, 5) is 22.1. The number of hydrogen-bond donors (Lipinski definition) is 1. The number of hydrogen-bond acceptors (Lipinski definition) is 4. The van der Waals surface area contributed by atoms with Crippen molar-refractivity contribution in [2.24, 2.45) is 5.73 Å². The molecule has 0 radical (unpaired) electrons. The molecule has 3 nitrogen and oxygen atoms in total. The molecule has 4 heteroatoms. The Morgan fingerprint density at radius 3 is 2.57 bits per heavy atom. The fraction of sp³-hybridized carbons (Fsp3) is 0.400. The van der Waals surface area contributed by atoms with E-state index < -0.39 is 6.04 Å². The Balaban J connectivity index is 3.80. The van der Waals surface area contributed by atoms with Gasteiger partial charge in [0, 0.05) is 0 Å². The largest absolute Gasteiger partial charge is 0.322 e. The summed E-state index contributed by atoms with van der Waals surface area (Å²) in [6.07, 6.45) is 6.65. The van der Waals surface area contributed by atoms with Crippen LogP contribution in [-0.4, -0.2) is 22.7 Å². The van der Waals surface area contributed by atoms with E-state index in [0.717, 1.165) is 11.8 Å². The maximum atomic E-state index is 11.1. The standard InChI is InChI=1S/C10H15NO2S/c1-3-4-5-6-10(13)14-7-9(12)8(2)11/h3-6,8H,7,11H2,1-2H3/b4-3+,6-5+. The highest BCUT2D eigenvalue weighted by Crippen LogP contribution is 2.04. The Morgan fingerprint density at radius 1 is 1.43 bits per heavy atom. The van der Waals surface area contributed by atoms with Crippen LogP contribution in [0.3, 0.4) is 0 Å².